The molecule has 0 radical (unpaired) electrons. The number of ether oxygens (including phenoxy) is 1. The van der Waals surface area contributed by atoms with Crippen LogP contribution in [-0.4, -0.2) is 67.9 Å². The first-order chi connectivity index (χ1) is 16.9. The van der Waals surface area contributed by atoms with Crippen molar-refractivity contribution in [1.29, 1.82) is 0 Å². The van der Waals surface area contributed by atoms with Gasteiger partial charge in [0.25, 0.3) is 0 Å². The number of fused-ring (bicyclic) bond motifs is 1. The monoisotopic (exact) mass is 479 g/mol. The number of urea groups is 1. The topological polar surface area (TPSA) is 105 Å². The molecule has 2 aliphatic rings. The van der Waals surface area contributed by atoms with E-state index in [0.29, 0.717) is 49.7 Å². The van der Waals surface area contributed by atoms with Gasteiger partial charge >= 0.3 is 6.03 Å². The number of benzene rings is 1. The first kappa shape index (κ1) is 22.8. The molecule has 3 aromatic rings. The van der Waals surface area contributed by atoms with Crippen molar-refractivity contribution in [1.82, 2.24) is 35.1 Å². The average molecular weight is 480 g/mol. The lowest BCUT2D eigenvalue weighted by Gasteiger charge is -2.29. The van der Waals surface area contributed by atoms with Gasteiger partial charge in [-0.1, -0.05) is 11.3 Å². The van der Waals surface area contributed by atoms with E-state index in [0.717, 1.165) is 17.0 Å². The van der Waals surface area contributed by atoms with E-state index in [1.807, 2.05) is 13.0 Å². The minimum atomic E-state index is -0.320. The molecule has 1 unspecified atom stereocenters. The van der Waals surface area contributed by atoms with Crippen molar-refractivity contribution in [3.05, 3.63) is 64.9 Å². The standard InChI is InChI=1S/C24H26FN7O3/c1-15-21(32(29-28-15)19-6-4-17(25)5-7-19)14-35-22-8-3-16-12-31(10-9-20(16)27-22)24(34)26-18-11-23(33)30(2)13-18/h3-8,18H,9-14H2,1-2H3,(H,26,34). The maximum absolute atomic E-state index is 13.3. The highest BCUT2D eigenvalue weighted by Crippen LogP contribution is 2.22. The van der Waals surface area contributed by atoms with E-state index in [9.17, 15) is 14.0 Å². The van der Waals surface area contributed by atoms with Crippen LogP contribution in [0, 0.1) is 12.7 Å². The van der Waals surface area contributed by atoms with Gasteiger partial charge in [-0.3, -0.25) is 4.79 Å². The summed E-state index contributed by atoms with van der Waals surface area (Å²) in [4.78, 5) is 32.4. The fourth-order valence-electron chi connectivity index (χ4n) is 4.35. The molecule has 3 amide bonds. The van der Waals surface area contributed by atoms with Gasteiger partial charge in [-0.05, 0) is 36.8 Å². The van der Waals surface area contributed by atoms with Crippen LogP contribution in [0.5, 0.6) is 5.88 Å². The van der Waals surface area contributed by atoms with Gasteiger partial charge in [0, 0.05) is 45.6 Å². The summed E-state index contributed by atoms with van der Waals surface area (Å²) in [7, 11) is 1.74. The summed E-state index contributed by atoms with van der Waals surface area (Å²) in [5.74, 6) is 0.196. The molecule has 0 spiro atoms. The Bertz CT molecular complexity index is 1260. The van der Waals surface area contributed by atoms with Crippen molar-refractivity contribution in [3.63, 3.8) is 0 Å². The number of pyridine rings is 1. The van der Waals surface area contributed by atoms with Crippen LogP contribution in [0.3, 0.4) is 0 Å². The Kier molecular flexibility index (Phi) is 6.06. The molecule has 2 aromatic heterocycles. The molecular formula is C24H26FN7O3. The van der Waals surface area contributed by atoms with E-state index in [2.05, 4.69) is 20.6 Å². The zero-order chi connectivity index (χ0) is 24.5. The van der Waals surface area contributed by atoms with Crippen molar-refractivity contribution in [2.24, 2.45) is 0 Å². The van der Waals surface area contributed by atoms with Crippen LogP contribution in [-0.2, 0) is 24.4 Å². The van der Waals surface area contributed by atoms with Crippen LogP contribution in [0.1, 0.15) is 29.1 Å². The van der Waals surface area contributed by atoms with Crippen molar-refractivity contribution < 1.29 is 18.7 Å². The third-order valence-electron chi connectivity index (χ3n) is 6.36. The maximum Gasteiger partial charge on any atom is 0.318 e. The van der Waals surface area contributed by atoms with Crippen LogP contribution in [0.2, 0.25) is 0 Å². The molecule has 0 bridgehead atoms. The normalized spacial score (nSPS) is 17.5. The fourth-order valence-corrected chi connectivity index (χ4v) is 4.35. The molecule has 10 nitrogen and oxygen atoms in total. The highest BCUT2D eigenvalue weighted by molar-refractivity contribution is 5.81. The first-order valence-electron chi connectivity index (χ1n) is 11.5. The second kappa shape index (κ2) is 9.32. The molecule has 5 rings (SSSR count). The Morgan fingerprint density at radius 1 is 1.23 bits per heavy atom. The van der Waals surface area contributed by atoms with E-state index in [4.69, 9.17) is 4.74 Å². The number of rotatable bonds is 5. The molecule has 1 aromatic carbocycles. The lowest BCUT2D eigenvalue weighted by molar-refractivity contribution is -0.126. The predicted octanol–water partition coefficient (Wildman–Crippen LogP) is 1.99. The number of nitrogens with zero attached hydrogens (tertiary/aromatic N) is 6. The Hall–Kier alpha value is -4.02. The average Bonchev–Trinajstić information content (AvgIpc) is 3.38. The molecule has 0 saturated carbocycles. The number of likely N-dealkylation sites (tertiary alicyclic amines) is 1. The maximum atomic E-state index is 13.3. The fraction of sp³-hybridized carbons (Fsp3) is 0.375. The minimum absolute atomic E-state index is 0.0442. The number of likely N-dealkylation sites (N-methyl/N-ethyl adjacent to an activating group) is 1. The largest absolute Gasteiger partial charge is 0.471 e. The van der Waals surface area contributed by atoms with Crippen molar-refractivity contribution in [3.8, 4) is 11.6 Å². The van der Waals surface area contributed by atoms with E-state index >= 15 is 0 Å². The molecule has 35 heavy (non-hydrogen) atoms. The molecule has 4 heterocycles. The van der Waals surface area contributed by atoms with Gasteiger partial charge in [-0.2, -0.15) is 0 Å². The zero-order valence-corrected chi connectivity index (χ0v) is 19.6. The number of carbonyl (C=O) groups is 2. The number of hydrogen-bond acceptors (Lipinski definition) is 6. The van der Waals surface area contributed by atoms with Gasteiger partial charge in [0.15, 0.2) is 0 Å². The van der Waals surface area contributed by atoms with Crippen molar-refractivity contribution in [2.45, 2.75) is 39.0 Å². The van der Waals surface area contributed by atoms with Crippen molar-refractivity contribution >= 4 is 11.9 Å². The smallest absolute Gasteiger partial charge is 0.318 e. The summed E-state index contributed by atoms with van der Waals surface area (Å²) in [6.45, 7) is 3.56. The Morgan fingerprint density at radius 2 is 2.03 bits per heavy atom. The highest BCUT2D eigenvalue weighted by atomic mass is 19.1. The van der Waals surface area contributed by atoms with Crippen LogP contribution in [0.15, 0.2) is 36.4 Å². The molecule has 182 valence electrons. The van der Waals surface area contributed by atoms with E-state index in [-0.39, 0.29) is 30.4 Å². The first-order valence-corrected chi connectivity index (χ1v) is 11.5. The van der Waals surface area contributed by atoms with E-state index in [1.165, 1.54) is 12.1 Å². The lowest BCUT2D eigenvalue weighted by atomic mass is 10.1. The predicted molar refractivity (Wildman–Crippen MR) is 123 cm³/mol. The number of aryl methyl sites for hydroxylation is 1. The molecule has 11 heteroatoms. The summed E-state index contributed by atoms with van der Waals surface area (Å²) < 4.78 is 20.9. The molecule has 2 aliphatic heterocycles. The zero-order valence-electron chi connectivity index (χ0n) is 19.6. The summed E-state index contributed by atoms with van der Waals surface area (Å²) in [6.07, 6.45) is 0.946. The number of carbonyl (C=O) groups excluding carboxylic acids is 2. The van der Waals surface area contributed by atoms with Crippen LogP contribution < -0.4 is 10.1 Å². The molecule has 1 N–H and O–H groups in total. The lowest BCUT2D eigenvalue weighted by Crippen LogP contribution is -2.47. The summed E-state index contributed by atoms with van der Waals surface area (Å²) in [5.41, 5.74) is 4.01. The number of aromatic nitrogens is 4. The van der Waals surface area contributed by atoms with Crippen LogP contribution >= 0.6 is 0 Å². The molecule has 1 atom stereocenters. The third kappa shape index (κ3) is 4.79. The molecular weight excluding hydrogens is 453 g/mol. The van der Waals surface area contributed by atoms with Gasteiger partial charge in [0.05, 0.1) is 23.1 Å². The van der Waals surface area contributed by atoms with E-state index < -0.39 is 0 Å². The summed E-state index contributed by atoms with van der Waals surface area (Å²) in [5, 5.41) is 11.2. The Labute approximate surface area is 201 Å². The number of halogens is 1. The molecule has 1 fully saturated rings. The summed E-state index contributed by atoms with van der Waals surface area (Å²) >= 11 is 0. The number of nitrogens with one attached hydrogen (secondary N) is 1. The third-order valence-corrected chi connectivity index (χ3v) is 6.36. The van der Waals surface area contributed by atoms with Gasteiger partial charge < -0.3 is 19.9 Å². The van der Waals surface area contributed by atoms with Crippen LogP contribution in [0.4, 0.5) is 9.18 Å². The van der Waals surface area contributed by atoms with Gasteiger partial charge in [-0.25, -0.2) is 18.9 Å². The van der Waals surface area contributed by atoms with E-state index in [1.54, 1.807) is 39.7 Å². The molecule has 1 saturated heterocycles. The van der Waals surface area contributed by atoms with Gasteiger partial charge in [-0.15, -0.1) is 5.10 Å². The van der Waals surface area contributed by atoms with Gasteiger partial charge in [0.2, 0.25) is 11.8 Å². The molecule has 0 aliphatic carbocycles. The Balaban J connectivity index is 1.22. The van der Waals surface area contributed by atoms with Crippen molar-refractivity contribution in [2.75, 3.05) is 20.1 Å². The highest BCUT2D eigenvalue weighted by Gasteiger charge is 2.30. The SMILES string of the molecule is Cc1nnn(-c2ccc(F)cc2)c1COc1ccc2c(n1)CCN(C(=O)NC1CC(=O)N(C)C1)C2. The second-order valence-corrected chi connectivity index (χ2v) is 8.85. The number of amides is 3. The van der Waals surface area contributed by atoms with Crippen LogP contribution in [0.25, 0.3) is 5.69 Å². The van der Waals surface area contributed by atoms with Gasteiger partial charge in [0.1, 0.15) is 18.1 Å². The Morgan fingerprint density at radius 3 is 2.77 bits per heavy atom. The quantitative estimate of drug-likeness (QED) is 0.600. The number of hydrogen-bond donors (Lipinski definition) is 1. The second-order valence-electron chi connectivity index (χ2n) is 8.85. The summed E-state index contributed by atoms with van der Waals surface area (Å²) in [6, 6.07) is 9.40. The minimum Gasteiger partial charge on any atom is -0.471 e.